The number of unbranched alkanes of at least 4 members (excludes halogenated alkanes) is 12. The Morgan fingerprint density at radius 1 is 0.815 bits per heavy atom. The number of ether oxygens (including phenoxy) is 4. The maximum Gasteiger partial charge on any atom is 0.512 e. The molecule has 2 atom stereocenters. The second-order valence-electron chi connectivity index (χ2n) is 15.3. The molecule has 1 N–H and O–H groups in total. The summed E-state index contributed by atoms with van der Waals surface area (Å²) >= 11 is 0. The van der Waals surface area contributed by atoms with Gasteiger partial charge in [0.25, 0.3) is 0 Å². The molecule has 302 valence electrons. The van der Waals surface area contributed by atoms with E-state index in [0.29, 0.717) is 10.9 Å². The third kappa shape index (κ3) is 15.0. The number of benzene rings is 1. The molecule has 0 amide bonds. The summed E-state index contributed by atoms with van der Waals surface area (Å²) in [6.07, 6.45) is 16.5. The number of amidine groups is 1. The van der Waals surface area contributed by atoms with Crippen molar-refractivity contribution in [2.75, 3.05) is 70.5 Å². The van der Waals surface area contributed by atoms with Gasteiger partial charge in [0.1, 0.15) is 19.0 Å². The first-order valence-corrected chi connectivity index (χ1v) is 22.4. The summed E-state index contributed by atoms with van der Waals surface area (Å²) in [5, 5.41) is 5.98. The normalized spacial score (nSPS) is 18.0. The van der Waals surface area contributed by atoms with Gasteiger partial charge >= 0.3 is 18.1 Å². The zero-order valence-electron chi connectivity index (χ0n) is 33.5. The summed E-state index contributed by atoms with van der Waals surface area (Å²) in [7, 11) is 2.23. The van der Waals surface area contributed by atoms with Crippen LogP contribution < -0.4 is 5.32 Å². The fraction of sp³-hybridized carbons (Fsp3) is 0.690. The van der Waals surface area contributed by atoms with Crippen LogP contribution in [0.15, 0.2) is 40.5 Å². The van der Waals surface area contributed by atoms with Gasteiger partial charge in [-0.1, -0.05) is 103 Å². The summed E-state index contributed by atoms with van der Waals surface area (Å²) in [6.45, 7) is 7.18. The lowest BCUT2D eigenvalue weighted by Gasteiger charge is -2.42. The highest BCUT2D eigenvalue weighted by Crippen LogP contribution is 2.35. The van der Waals surface area contributed by atoms with E-state index in [1.54, 1.807) is 0 Å². The third-order valence-corrected chi connectivity index (χ3v) is 11.8. The molecule has 0 aliphatic carbocycles. The minimum Gasteiger partial charge on any atom is -0.462 e. The molecule has 3 aliphatic heterocycles. The summed E-state index contributed by atoms with van der Waals surface area (Å²) < 4.78 is 22.7. The first kappa shape index (κ1) is 43.3. The zero-order chi connectivity index (χ0) is 38.6. The minimum atomic E-state index is -0.893. The molecule has 0 aromatic heterocycles. The van der Waals surface area contributed by atoms with Gasteiger partial charge in [-0.05, 0) is 36.6 Å². The van der Waals surface area contributed by atoms with E-state index in [1.807, 2.05) is 18.2 Å². The third-order valence-electron chi connectivity index (χ3n) is 10.4. The number of aliphatic imine (C=N–C) groups is 1. The largest absolute Gasteiger partial charge is 0.512 e. The van der Waals surface area contributed by atoms with Gasteiger partial charge in [-0.2, -0.15) is 10.5 Å². The average molecular weight is 772 g/mol. The minimum absolute atomic E-state index is 0.151. The van der Waals surface area contributed by atoms with Crippen molar-refractivity contribution in [3.05, 3.63) is 35.5 Å². The lowest BCUT2D eigenvalue weighted by atomic mass is 10.1. The Morgan fingerprint density at radius 2 is 1.41 bits per heavy atom. The van der Waals surface area contributed by atoms with E-state index in [0.717, 1.165) is 87.7 Å². The smallest absolute Gasteiger partial charge is 0.462 e. The van der Waals surface area contributed by atoms with Crippen LogP contribution in [0.4, 0.5) is 16.2 Å². The molecule has 4 rings (SSSR count). The molecule has 0 bridgehead atoms. The van der Waals surface area contributed by atoms with Crippen molar-refractivity contribution in [3.8, 4) is 0 Å². The predicted molar refractivity (Wildman–Crippen MR) is 219 cm³/mol. The fourth-order valence-corrected chi connectivity index (χ4v) is 8.35. The van der Waals surface area contributed by atoms with E-state index in [4.69, 9.17) is 23.9 Å². The monoisotopic (exact) mass is 771 g/mol. The molecule has 54 heavy (non-hydrogen) atoms. The maximum absolute atomic E-state index is 12.8. The van der Waals surface area contributed by atoms with Crippen LogP contribution in [-0.4, -0.2) is 110 Å². The van der Waals surface area contributed by atoms with Crippen molar-refractivity contribution in [2.24, 2.45) is 4.99 Å². The number of hydrogen-bond acceptors (Lipinski definition) is 10. The highest BCUT2D eigenvalue weighted by molar-refractivity contribution is 8.15. The lowest BCUT2D eigenvalue weighted by Crippen LogP contribution is -2.59. The number of carbonyl (C=O) groups is 3. The standard InChI is InChI=1S/C42H67N4O7S/c1-5-7-9-11-13-15-17-23-39(47)50-29-34(53-40(48)24-18-16-14-12-10-8-6-2)30-51-42(49)52-33-46(3)27-25-45(26-28-46)41-35-31-54(4)32-38(35)43-36-21-19-20-22-37(36)44-41/h19-22,31,34,43H,5-18,23-30,32-33H2,1-4H3/q+1/t34-,54?/m0/s1. The number of anilines is 1. The van der Waals surface area contributed by atoms with E-state index in [-0.39, 0.29) is 48.8 Å². The first-order chi connectivity index (χ1) is 26.2. The average Bonchev–Trinajstić information content (AvgIpc) is 3.45. The molecule has 0 radical (unpaired) electrons. The Morgan fingerprint density at radius 3 is 2.07 bits per heavy atom. The molecule has 1 aromatic carbocycles. The number of quaternary nitrogens is 1. The van der Waals surface area contributed by atoms with Crippen molar-refractivity contribution in [2.45, 2.75) is 123 Å². The maximum atomic E-state index is 12.8. The molecule has 1 fully saturated rings. The highest BCUT2D eigenvalue weighted by Gasteiger charge is 2.34. The molecular formula is C42H67N4O7S+. The Hall–Kier alpha value is -3.38. The van der Waals surface area contributed by atoms with Gasteiger partial charge < -0.3 is 29.2 Å². The summed E-state index contributed by atoms with van der Waals surface area (Å²) in [5.74, 6) is 1.28. The van der Waals surface area contributed by atoms with Gasteiger partial charge in [0.15, 0.2) is 6.10 Å². The van der Waals surface area contributed by atoms with Gasteiger partial charge in [0, 0.05) is 29.9 Å². The summed E-state index contributed by atoms with van der Waals surface area (Å²) in [5.41, 5.74) is 4.38. The molecule has 0 spiro atoms. The SMILES string of the molecule is CCCCCCCCCC(=O)OC[C@@H](COC(=O)OC[N+]1(C)CCN(C2=Nc3ccccc3NC3=C2C=S(C)C3)CC1)OC(=O)CCCCCCCCC. The number of fused-ring (bicyclic) bond motifs is 1. The van der Waals surface area contributed by atoms with Gasteiger partial charge in [0.05, 0.1) is 44.6 Å². The van der Waals surface area contributed by atoms with Crippen molar-refractivity contribution in [1.82, 2.24) is 4.90 Å². The Labute approximate surface area is 326 Å². The molecule has 0 saturated carbocycles. The number of likely N-dealkylation sites (N-methyl/N-ethyl adjacent to an activating group) is 1. The number of hydrogen-bond donors (Lipinski definition) is 1. The van der Waals surface area contributed by atoms with Gasteiger partial charge in [0.2, 0.25) is 6.73 Å². The quantitative estimate of drug-likeness (QED) is 0.0384. The van der Waals surface area contributed by atoms with Crippen molar-refractivity contribution >= 4 is 51.2 Å². The molecule has 3 heterocycles. The molecule has 12 heteroatoms. The van der Waals surface area contributed by atoms with E-state index in [2.05, 4.69) is 48.8 Å². The summed E-state index contributed by atoms with van der Waals surface area (Å²) in [6, 6.07) is 8.17. The number of esters is 2. The molecule has 3 aliphatic rings. The second-order valence-corrected chi connectivity index (χ2v) is 17.3. The van der Waals surface area contributed by atoms with Crippen LogP contribution in [0.25, 0.3) is 0 Å². The van der Waals surface area contributed by atoms with Crippen LogP contribution in [0, 0.1) is 0 Å². The predicted octanol–water partition coefficient (Wildman–Crippen LogP) is 8.72. The van der Waals surface area contributed by atoms with Crippen LogP contribution in [-0.2, 0) is 28.5 Å². The second kappa shape index (κ2) is 23.5. The number of carbonyl (C=O) groups excluding carboxylic acids is 3. The molecule has 1 unspecified atom stereocenters. The van der Waals surface area contributed by atoms with E-state index in [9.17, 15) is 14.4 Å². The van der Waals surface area contributed by atoms with Crippen molar-refractivity contribution in [1.29, 1.82) is 0 Å². The topological polar surface area (TPSA) is 116 Å². The highest BCUT2D eigenvalue weighted by atomic mass is 32.2. The zero-order valence-corrected chi connectivity index (χ0v) is 34.4. The number of piperazine rings is 1. The van der Waals surface area contributed by atoms with Crippen molar-refractivity contribution in [3.63, 3.8) is 0 Å². The van der Waals surface area contributed by atoms with Crippen molar-refractivity contribution < 1.29 is 37.8 Å². The Balaban J connectivity index is 1.22. The molecular weight excluding hydrogens is 705 g/mol. The van der Waals surface area contributed by atoms with Gasteiger partial charge in [-0.3, -0.25) is 14.1 Å². The van der Waals surface area contributed by atoms with Crippen LogP contribution >= 0.6 is 10.5 Å². The van der Waals surface area contributed by atoms with E-state index < -0.39 is 12.3 Å². The number of nitrogens with one attached hydrogen (secondary N) is 1. The van der Waals surface area contributed by atoms with Gasteiger partial charge in [-0.25, -0.2) is 9.79 Å². The van der Waals surface area contributed by atoms with Crippen LogP contribution in [0.3, 0.4) is 0 Å². The first-order valence-electron chi connectivity index (χ1n) is 20.6. The molecule has 11 nitrogen and oxygen atoms in total. The number of nitrogens with zero attached hydrogens (tertiary/aromatic N) is 3. The fourth-order valence-electron chi connectivity index (χ4n) is 6.94. The van der Waals surface area contributed by atoms with Crippen LogP contribution in [0.5, 0.6) is 0 Å². The van der Waals surface area contributed by atoms with E-state index in [1.165, 1.54) is 62.6 Å². The van der Waals surface area contributed by atoms with Crippen LogP contribution in [0.2, 0.25) is 0 Å². The van der Waals surface area contributed by atoms with E-state index >= 15 is 0 Å². The number of rotatable bonds is 23. The number of para-hydroxylation sites is 2. The summed E-state index contributed by atoms with van der Waals surface area (Å²) in [4.78, 5) is 45.5. The van der Waals surface area contributed by atoms with Crippen LogP contribution in [0.1, 0.15) is 117 Å². The Bertz CT molecular complexity index is 1450. The molecule has 1 aromatic rings. The van der Waals surface area contributed by atoms with Gasteiger partial charge in [-0.15, -0.1) is 0 Å². The lowest BCUT2D eigenvalue weighted by molar-refractivity contribution is -0.929. The molecule has 1 saturated heterocycles. The Kier molecular flexibility index (Phi) is 18.9.